The van der Waals surface area contributed by atoms with Crippen LogP contribution in [0.15, 0.2) is 0 Å². The van der Waals surface area contributed by atoms with E-state index in [-0.39, 0.29) is 11.2 Å². The van der Waals surface area contributed by atoms with Gasteiger partial charge in [-0.25, -0.2) is 0 Å². The Hall–Kier alpha value is -0.870. The molecule has 0 saturated heterocycles. The minimum absolute atomic E-state index is 0.190. The lowest BCUT2D eigenvalue weighted by molar-refractivity contribution is 0.241. The summed E-state index contributed by atoms with van der Waals surface area (Å²) < 4.78 is 0. The van der Waals surface area contributed by atoms with Crippen LogP contribution in [0.5, 0.6) is 0 Å². The topological polar surface area (TPSA) is 87.2 Å². The van der Waals surface area contributed by atoms with Crippen LogP contribution < -0.4 is 5.73 Å². The molecule has 0 atom stereocenters. The summed E-state index contributed by atoms with van der Waals surface area (Å²) in [5.74, 6) is 0.190. The number of nitrogens with two attached hydrogens (primary N) is 1. The second-order valence-corrected chi connectivity index (χ2v) is 3.62. The Bertz CT molecular complexity index is 220. The fourth-order valence-corrected chi connectivity index (χ4v) is 0. The van der Waals surface area contributed by atoms with Gasteiger partial charge in [-0.1, -0.05) is 25.3 Å². The molecule has 0 aromatic rings. The average molecular weight is 251 g/mol. The second kappa shape index (κ2) is 13.1. The van der Waals surface area contributed by atoms with Crippen LogP contribution in [0.25, 0.3) is 0 Å². The molecule has 0 aromatic carbocycles. The van der Waals surface area contributed by atoms with Gasteiger partial charge in [0.25, 0.3) is 10.5 Å². The molecule has 0 aliphatic rings. The van der Waals surface area contributed by atoms with Crippen LogP contribution in [-0.4, -0.2) is 29.5 Å². The quantitative estimate of drug-likeness (QED) is 0.573. The van der Waals surface area contributed by atoms with Crippen LogP contribution in [0.3, 0.4) is 0 Å². The lowest BCUT2D eigenvalue weighted by Gasteiger charge is -2.01. The summed E-state index contributed by atoms with van der Waals surface area (Å²) in [6, 6.07) is 2.03. The van der Waals surface area contributed by atoms with E-state index in [0.29, 0.717) is 0 Å². The summed E-state index contributed by atoms with van der Waals surface area (Å²) in [6.45, 7) is 3.72. The van der Waals surface area contributed by atoms with E-state index in [9.17, 15) is 4.79 Å². The van der Waals surface area contributed by atoms with Crippen molar-refractivity contribution < 1.29 is 9.59 Å². The third-order valence-corrected chi connectivity index (χ3v) is 1.04. The number of thiol groups is 2. The molecule has 0 spiro atoms. The molecule has 0 aliphatic heterocycles. The van der Waals surface area contributed by atoms with Gasteiger partial charge in [-0.15, -0.1) is 0 Å². The SMILES string of the molecule is CC(C)C#N.CN(C)C(=O)S.NC(=O)S. The highest BCUT2D eigenvalue weighted by molar-refractivity contribution is 7.96. The highest BCUT2D eigenvalue weighted by Crippen LogP contribution is 1.82. The Labute approximate surface area is 101 Å². The average Bonchev–Trinajstić information content (AvgIpc) is 2.04. The van der Waals surface area contributed by atoms with Crippen molar-refractivity contribution in [1.29, 1.82) is 5.26 Å². The zero-order chi connectivity index (χ0) is 13.0. The first-order valence-corrected chi connectivity index (χ1v) is 4.82. The van der Waals surface area contributed by atoms with E-state index in [1.54, 1.807) is 14.1 Å². The van der Waals surface area contributed by atoms with Crippen LogP contribution in [0.2, 0.25) is 0 Å². The Kier molecular flexibility index (Phi) is 17.2. The summed E-state index contributed by atoms with van der Waals surface area (Å²) in [5.41, 5.74) is 4.34. The van der Waals surface area contributed by atoms with E-state index in [1.165, 1.54) is 4.90 Å². The molecule has 0 saturated carbocycles. The van der Waals surface area contributed by atoms with Gasteiger partial charge in [-0.3, -0.25) is 9.59 Å². The molecule has 5 nitrogen and oxygen atoms in total. The Balaban J connectivity index is -0.000000147. The van der Waals surface area contributed by atoms with Crippen LogP contribution >= 0.6 is 25.3 Å². The minimum Gasteiger partial charge on any atom is -0.361 e. The molecular formula is C8H17N3O2S2. The Morgan fingerprint density at radius 3 is 1.47 bits per heavy atom. The van der Waals surface area contributed by atoms with Crippen molar-refractivity contribution >= 4 is 35.7 Å². The van der Waals surface area contributed by atoms with Crippen molar-refractivity contribution in [3.05, 3.63) is 0 Å². The van der Waals surface area contributed by atoms with Gasteiger partial charge in [-0.05, 0) is 13.8 Å². The zero-order valence-corrected chi connectivity index (χ0v) is 11.0. The predicted octanol–water partition coefficient (Wildman–Crippen LogP) is 1.76. The number of nitriles is 1. The molecule has 15 heavy (non-hydrogen) atoms. The Morgan fingerprint density at radius 2 is 1.47 bits per heavy atom. The molecule has 0 bridgehead atoms. The van der Waals surface area contributed by atoms with E-state index in [1.807, 2.05) is 19.9 Å². The largest absolute Gasteiger partial charge is 0.361 e. The van der Waals surface area contributed by atoms with E-state index in [2.05, 4.69) is 31.0 Å². The number of rotatable bonds is 0. The minimum atomic E-state index is -0.639. The molecule has 0 rings (SSSR count). The van der Waals surface area contributed by atoms with Gasteiger partial charge in [0.15, 0.2) is 0 Å². The maximum absolute atomic E-state index is 9.93. The molecule has 0 radical (unpaired) electrons. The van der Waals surface area contributed by atoms with E-state index in [0.717, 1.165) is 0 Å². The summed E-state index contributed by atoms with van der Waals surface area (Å²) >= 11 is 6.58. The molecule has 2 amide bonds. The number of nitrogens with zero attached hydrogens (tertiary/aromatic N) is 2. The summed E-state index contributed by atoms with van der Waals surface area (Å²) in [7, 11) is 3.30. The van der Waals surface area contributed by atoms with Crippen LogP contribution in [0.4, 0.5) is 9.59 Å². The lowest BCUT2D eigenvalue weighted by atomic mass is 10.3. The number of primary amides is 1. The van der Waals surface area contributed by atoms with Gasteiger partial charge >= 0.3 is 0 Å². The van der Waals surface area contributed by atoms with Gasteiger partial charge < -0.3 is 10.6 Å². The second-order valence-electron chi connectivity index (χ2n) is 2.80. The fraction of sp³-hybridized carbons (Fsp3) is 0.625. The van der Waals surface area contributed by atoms with Gasteiger partial charge in [0, 0.05) is 20.0 Å². The molecule has 2 N–H and O–H groups in total. The zero-order valence-electron chi connectivity index (χ0n) is 9.26. The standard InChI is InChI=1S/C4H7N.C3H7NOS.CH3NOS/c1-4(2)3-5;1-4(2)3(5)6;2-1(3)4/h4H,1-2H3;1-2H3,(H,5,6);(H3,2,3,4). The molecular weight excluding hydrogens is 234 g/mol. The number of amides is 2. The fourth-order valence-electron chi connectivity index (χ4n) is 0. The monoisotopic (exact) mass is 251 g/mol. The van der Waals surface area contributed by atoms with E-state index >= 15 is 0 Å². The first kappa shape index (κ1) is 19.7. The summed E-state index contributed by atoms with van der Waals surface area (Å²) in [5, 5.41) is 7.04. The van der Waals surface area contributed by atoms with E-state index < -0.39 is 5.24 Å². The van der Waals surface area contributed by atoms with E-state index in [4.69, 9.17) is 10.1 Å². The number of hydrogen-bond acceptors (Lipinski definition) is 3. The molecule has 0 aliphatic carbocycles. The van der Waals surface area contributed by atoms with Gasteiger partial charge in [0.2, 0.25) is 0 Å². The normalized spacial score (nSPS) is 7.33. The van der Waals surface area contributed by atoms with Crippen molar-refractivity contribution in [3.63, 3.8) is 0 Å². The van der Waals surface area contributed by atoms with Crippen LogP contribution in [-0.2, 0) is 0 Å². The van der Waals surface area contributed by atoms with Crippen LogP contribution in [0, 0.1) is 17.2 Å². The molecule has 0 heterocycles. The lowest BCUT2D eigenvalue weighted by Crippen LogP contribution is -2.13. The third kappa shape index (κ3) is 61.8. The molecule has 0 unspecified atom stereocenters. The smallest absolute Gasteiger partial charge is 0.278 e. The van der Waals surface area contributed by atoms with Crippen molar-refractivity contribution in [1.82, 2.24) is 4.90 Å². The first-order chi connectivity index (χ1) is 6.64. The number of hydrogen-bond donors (Lipinski definition) is 3. The predicted molar refractivity (Wildman–Crippen MR) is 67.1 cm³/mol. The highest BCUT2D eigenvalue weighted by Gasteiger charge is 1.89. The first-order valence-electron chi connectivity index (χ1n) is 3.93. The third-order valence-electron chi connectivity index (χ3n) is 0.641. The molecule has 88 valence electrons. The number of carbonyl (C=O) groups is 2. The van der Waals surface area contributed by atoms with Gasteiger partial charge in [0.1, 0.15) is 0 Å². The van der Waals surface area contributed by atoms with Crippen molar-refractivity contribution in [2.24, 2.45) is 11.7 Å². The van der Waals surface area contributed by atoms with Crippen molar-refractivity contribution in [2.45, 2.75) is 13.8 Å². The van der Waals surface area contributed by atoms with Crippen molar-refractivity contribution in [2.75, 3.05) is 14.1 Å². The van der Waals surface area contributed by atoms with Crippen molar-refractivity contribution in [3.8, 4) is 6.07 Å². The van der Waals surface area contributed by atoms with Gasteiger partial charge in [0.05, 0.1) is 6.07 Å². The molecule has 0 aromatic heterocycles. The van der Waals surface area contributed by atoms with Gasteiger partial charge in [-0.2, -0.15) is 5.26 Å². The maximum Gasteiger partial charge on any atom is 0.278 e. The molecule has 7 heteroatoms. The maximum atomic E-state index is 9.93. The van der Waals surface area contributed by atoms with Crippen LogP contribution in [0.1, 0.15) is 13.8 Å². The number of carbonyl (C=O) groups excluding carboxylic acids is 2. The Morgan fingerprint density at radius 1 is 1.33 bits per heavy atom. The highest BCUT2D eigenvalue weighted by atomic mass is 32.1. The summed E-state index contributed by atoms with van der Waals surface area (Å²) in [4.78, 5) is 20.4. The summed E-state index contributed by atoms with van der Waals surface area (Å²) in [6.07, 6.45) is 0. The molecule has 0 fully saturated rings.